The first-order valence-electron chi connectivity index (χ1n) is 13.6. The standard InChI is InChI=1S/C31H30N4O7/c36-28-18-33-30(37)42-29-15-8-14-27(35(39)40)24(29)17-32-16-7-1-2-13-26(28)34-31(38)41-19-25-22-11-5-3-9-20(22)21-10-4-6-12-23(21)25/h1-6,8-12,14-15,25-26,32H,7,13,16-19H2,(H,33,37)(H,34,38)/t26-/m0/s1. The Hall–Kier alpha value is -5.03. The topological polar surface area (TPSA) is 149 Å². The average Bonchev–Trinajstić information content (AvgIpc) is 3.31. The van der Waals surface area contributed by atoms with Gasteiger partial charge in [-0.25, -0.2) is 9.59 Å². The van der Waals surface area contributed by atoms with Crippen LogP contribution in [-0.4, -0.2) is 48.6 Å². The normalized spacial score (nSPS) is 17.4. The summed E-state index contributed by atoms with van der Waals surface area (Å²) in [4.78, 5) is 49.3. The number of fused-ring (bicyclic) bond motifs is 4. The highest BCUT2D eigenvalue weighted by Crippen LogP contribution is 2.44. The van der Waals surface area contributed by atoms with Gasteiger partial charge < -0.3 is 25.4 Å². The van der Waals surface area contributed by atoms with Crippen molar-refractivity contribution in [2.45, 2.75) is 31.3 Å². The first-order valence-corrected chi connectivity index (χ1v) is 13.6. The van der Waals surface area contributed by atoms with Crippen LogP contribution in [0.3, 0.4) is 0 Å². The molecular formula is C31H30N4O7. The third-order valence-corrected chi connectivity index (χ3v) is 7.27. The van der Waals surface area contributed by atoms with Crippen LogP contribution < -0.4 is 20.7 Å². The van der Waals surface area contributed by atoms with Crippen molar-refractivity contribution in [3.63, 3.8) is 0 Å². The smallest absolute Gasteiger partial charge is 0.412 e. The van der Waals surface area contributed by atoms with E-state index in [1.807, 2.05) is 54.6 Å². The Morgan fingerprint density at radius 2 is 1.69 bits per heavy atom. The van der Waals surface area contributed by atoms with Gasteiger partial charge >= 0.3 is 12.2 Å². The zero-order valence-electron chi connectivity index (χ0n) is 22.7. The molecule has 3 aromatic carbocycles. The molecule has 3 N–H and O–H groups in total. The maximum absolute atomic E-state index is 13.0. The molecule has 0 radical (unpaired) electrons. The quantitative estimate of drug-likeness (QED) is 0.234. The van der Waals surface area contributed by atoms with E-state index in [2.05, 4.69) is 16.0 Å². The highest BCUT2D eigenvalue weighted by Gasteiger charge is 2.30. The molecule has 1 aliphatic heterocycles. The molecule has 5 rings (SSSR count). The minimum Gasteiger partial charge on any atom is -0.449 e. The highest BCUT2D eigenvalue weighted by molar-refractivity contribution is 5.91. The number of nitrogens with one attached hydrogen (secondary N) is 3. The van der Waals surface area contributed by atoms with Gasteiger partial charge in [-0.2, -0.15) is 0 Å². The zero-order chi connectivity index (χ0) is 29.5. The SMILES string of the molecule is O=C(N[C@H]1CC=CCCNCc2c(cccc2[N+](=O)[O-])OC(=O)NCC1=O)OCC1c2ccccc2-c2ccccc21. The molecule has 216 valence electrons. The number of amides is 2. The largest absolute Gasteiger partial charge is 0.449 e. The van der Waals surface area contributed by atoms with E-state index in [0.29, 0.717) is 13.0 Å². The van der Waals surface area contributed by atoms with Crippen LogP contribution in [0.5, 0.6) is 5.75 Å². The Morgan fingerprint density at radius 3 is 2.40 bits per heavy atom. The molecule has 0 unspecified atom stereocenters. The molecule has 11 heteroatoms. The molecule has 0 bridgehead atoms. The number of nitro benzene ring substituents is 1. The third kappa shape index (κ3) is 6.47. The summed E-state index contributed by atoms with van der Waals surface area (Å²) in [6.45, 7) is 0.257. The monoisotopic (exact) mass is 570 g/mol. The summed E-state index contributed by atoms with van der Waals surface area (Å²) < 4.78 is 10.9. The minimum atomic E-state index is -0.955. The zero-order valence-corrected chi connectivity index (χ0v) is 22.7. The third-order valence-electron chi connectivity index (χ3n) is 7.27. The van der Waals surface area contributed by atoms with E-state index in [-0.39, 0.29) is 42.5 Å². The first-order chi connectivity index (χ1) is 20.4. The summed E-state index contributed by atoms with van der Waals surface area (Å²) in [5.41, 5.74) is 4.39. The Balaban J connectivity index is 1.24. The van der Waals surface area contributed by atoms with Crippen LogP contribution in [0.4, 0.5) is 15.3 Å². The van der Waals surface area contributed by atoms with E-state index in [1.54, 1.807) is 6.08 Å². The highest BCUT2D eigenvalue weighted by atomic mass is 16.6. The molecule has 0 saturated heterocycles. The lowest BCUT2D eigenvalue weighted by Gasteiger charge is -2.19. The van der Waals surface area contributed by atoms with Gasteiger partial charge in [-0.1, -0.05) is 66.7 Å². The summed E-state index contributed by atoms with van der Waals surface area (Å²) in [6.07, 6.45) is 2.68. The number of ether oxygens (including phenoxy) is 2. The van der Waals surface area contributed by atoms with Gasteiger partial charge in [0, 0.05) is 18.5 Å². The summed E-state index contributed by atoms with van der Waals surface area (Å²) >= 11 is 0. The molecule has 11 nitrogen and oxygen atoms in total. The van der Waals surface area contributed by atoms with E-state index in [4.69, 9.17) is 9.47 Å². The van der Waals surface area contributed by atoms with Gasteiger partial charge in [-0.05, 0) is 47.7 Å². The molecule has 1 atom stereocenters. The predicted molar refractivity (Wildman–Crippen MR) is 154 cm³/mol. The average molecular weight is 571 g/mol. The second-order valence-corrected chi connectivity index (χ2v) is 9.92. The lowest BCUT2D eigenvalue weighted by molar-refractivity contribution is -0.385. The van der Waals surface area contributed by atoms with E-state index in [9.17, 15) is 24.5 Å². The van der Waals surface area contributed by atoms with Crippen LogP contribution in [-0.2, 0) is 16.1 Å². The number of nitro groups is 1. The van der Waals surface area contributed by atoms with Crippen molar-refractivity contribution in [3.05, 3.63) is 106 Å². The van der Waals surface area contributed by atoms with Crippen molar-refractivity contribution in [2.24, 2.45) is 0 Å². The summed E-state index contributed by atoms with van der Waals surface area (Å²) in [5, 5.41) is 19.6. The van der Waals surface area contributed by atoms with Gasteiger partial charge in [-0.15, -0.1) is 0 Å². The van der Waals surface area contributed by atoms with E-state index in [1.165, 1.54) is 18.2 Å². The van der Waals surface area contributed by atoms with E-state index < -0.39 is 35.5 Å². The Bertz CT molecular complexity index is 1490. The molecule has 2 aliphatic rings. The molecule has 42 heavy (non-hydrogen) atoms. The van der Waals surface area contributed by atoms with E-state index in [0.717, 1.165) is 22.3 Å². The molecule has 0 aromatic heterocycles. The molecule has 3 aromatic rings. The van der Waals surface area contributed by atoms with Crippen LogP contribution >= 0.6 is 0 Å². The number of hydrogen-bond donors (Lipinski definition) is 3. The van der Waals surface area contributed by atoms with Gasteiger partial charge in [0.15, 0.2) is 5.78 Å². The molecule has 0 saturated carbocycles. The van der Waals surface area contributed by atoms with Gasteiger partial charge in [-0.3, -0.25) is 14.9 Å². The fourth-order valence-electron chi connectivity index (χ4n) is 5.22. The number of nitrogens with zero attached hydrogens (tertiary/aromatic N) is 1. The number of rotatable bonds is 4. The van der Waals surface area contributed by atoms with Crippen molar-refractivity contribution >= 4 is 23.7 Å². The second kappa shape index (κ2) is 13.1. The van der Waals surface area contributed by atoms with Crippen molar-refractivity contribution in [3.8, 4) is 16.9 Å². The van der Waals surface area contributed by atoms with Crippen molar-refractivity contribution in [2.75, 3.05) is 19.7 Å². The molecular weight excluding hydrogens is 540 g/mol. The van der Waals surface area contributed by atoms with Crippen LogP contribution in [0.2, 0.25) is 0 Å². The summed E-state index contributed by atoms with van der Waals surface area (Å²) in [7, 11) is 0. The van der Waals surface area contributed by atoms with Crippen LogP contribution in [0, 0.1) is 10.1 Å². The van der Waals surface area contributed by atoms with Gasteiger partial charge in [0.1, 0.15) is 12.4 Å². The molecule has 1 aliphatic carbocycles. The van der Waals surface area contributed by atoms with Gasteiger partial charge in [0.2, 0.25) is 0 Å². The fourth-order valence-corrected chi connectivity index (χ4v) is 5.22. The first kappa shape index (κ1) is 28.5. The summed E-state index contributed by atoms with van der Waals surface area (Å²) in [6, 6.07) is 19.2. The lowest BCUT2D eigenvalue weighted by atomic mass is 9.98. The molecule has 0 fully saturated rings. The minimum absolute atomic E-state index is 0.0142. The van der Waals surface area contributed by atoms with Crippen LogP contribution in [0.25, 0.3) is 11.1 Å². The Labute approximate surface area is 242 Å². The molecule has 0 spiro atoms. The fraction of sp³-hybridized carbons (Fsp3) is 0.258. The number of benzene rings is 3. The number of Topliss-reactive ketones (excluding diaryl/α,β-unsaturated/α-hetero) is 1. The number of ketones is 1. The van der Waals surface area contributed by atoms with Gasteiger partial charge in [0.25, 0.3) is 5.69 Å². The number of carbonyl (C=O) groups excluding carboxylic acids is 3. The number of carbonyl (C=O) groups is 3. The van der Waals surface area contributed by atoms with Crippen LogP contribution in [0.15, 0.2) is 78.9 Å². The Morgan fingerprint density at radius 1 is 0.976 bits per heavy atom. The Kier molecular flexibility index (Phi) is 8.88. The lowest BCUT2D eigenvalue weighted by Crippen LogP contribution is -2.46. The maximum Gasteiger partial charge on any atom is 0.412 e. The van der Waals surface area contributed by atoms with Crippen molar-refractivity contribution in [1.82, 2.24) is 16.0 Å². The maximum atomic E-state index is 13.0. The van der Waals surface area contributed by atoms with Gasteiger partial charge in [0.05, 0.1) is 23.1 Å². The number of hydrogen-bond acceptors (Lipinski definition) is 8. The molecule has 2 amide bonds. The molecule has 1 heterocycles. The van der Waals surface area contributed by atoms with Crippen molar-refractivity contribution in [1.29, 1.82) is 0 Å². The predicted octanol–water partition coefficient (Wildman–Crippen LogP) is 4.60. The second-order valence-electron chi connectivity index (χ2n) is 9.92. The summed E-state index contributed by atoms with van der Waals surface area (Å²) in [5.74, 6) is -0.577. The number of alkyl carbamates (subject to hydrolysis) is 1. The van der Waals surface area contributed by atoms with Crippen molar-refractivity contribution < 1.29 is 28.8 Å². The van der Waals surface area contributed by atoms with E-state index >= 15 is 0 Å². The van der Waals surface area contributed by atoms with Crippen LogP contribution in [0.1, 0.15) is 35.4 Å².